The lowest BCUT2D eigenvalue weighted by Gasteiger charge is -2.08. The number of halogens is 2. The smallest absolute Gasteiger partial charge is 0.224 e. The van der Waals surface area contributed by atoms with Crippen LogP contribution in [-0.2, 0) is 22.6 Å². The second kappa shape index (κ2) is 8.83. The molecule has 1 N–H and O–H groups in total. The molecule has 118 valence electrons. The van der Waals surface area contributed by atoms with E-state index in [-0.39, 0.29) is 12.3 Å². The lowest BCUT2D eigenvalue weighted by molar-refractivity contribution is -0.120. The van der Waals surface area contributed by atoms with Crippen molar-refractivity contribution in [3.8, 4) is 0 Å². The largest absolute Gasteiger partial charge is 0.467 e. The average molecular weight is 342 g/mol. The van der Waals surface area contributed by atoms with Gasteiger partial charge in [-0.25, -0.2) is 0 Å². The topological polar surface area (TPSA) is 51.5 Å². The Bertz CT molecular complexity index is 579. The molecule has 1 aromatic heterocycles. The number of furan rings is 1. The molecule has 4 nitrogen and oxygen atoms in total. The number of carbonyl (C=O) groups excluding carboxylic acids is 1. The maximum atomic E-state index is 11.9. The number of benzene rings is 1. The van der Waals surface area contributed by atoms with Gasteiger partial charge in [0, 0.05) is 23.2 Å². The molecule has 1 amide bonds. The van der Waals surface area contributed by atoms with Crippen molar-refractivity contribution in [3.05, 3.63) is 58.0 Å². The van der Waals surface area contributed by atoms with Gasteiger partial charge in [-0.15, -0.1) is 0 Å². The maximum absolute atomic E-state index is 11.9. The van der Waals surface area contributed by atoms with Gasteiger partial charge in [0.1, 0.15) is 12.4 Å². The third kappa shape index (κ3) is 5.37. The molecule has 0 saturated carbocycles. The SMILES string of the molecule is O=C(Cc1c(Cl)cccc1Cl)NCCCOCc1ccco1. The summed E-state index contributed by atoms with van der Waals surface area (Å²) in [6.07, 6.45) is 2.51. The summed E-state index contributed by atoms with van der Waals surface area (Å²) >= 11 is 12.1. The van der Waals surface area contributed by atoms with Crippen LogP contribution in [0.3, 0.4) is 0 Å². The van der Waals surface area contributed by atoms with Gasteiger partial charge in [0.05, 0.1) is 12.7 Å². The van der Waals surface area contributed by atoms with Crippen LogP contribution >= 0.6 is 23.2 Å². The Balaban J connectivity index is 1.62. The Morgan fingerprint density at radius 2 is 1.95 bits per heavy atom. The fourth-order valence-corrected chi connectivity index (χ4v) is 2.42. The van der Waals surface area contributed by atoms with Crippen LogP contribution in [0.2, 0.25) is 10.0 Å². The first-order valence-corrected chi connectivity index (χ1v) is 7.72. The minimum atomic E-state index is -0.110. The van der Waals surface area contributed by atoms with Crippen molar-refractivity contribution in [3.63, 3.8) is 0 Å². The molecule has 0 saturated heterocycles. The van der Waals surface area contributed by atoms with E-state index in [0.717, 1.165) is 12.2 Å². The average Bonchev–Trinajstić information content (AvgIpc) is 3.00. The molecule has 2 rings (SSSR count). The number of rotatable bonds is 8. The quantitative estimate of drug-likeness (QED) is 0.742. The van der Waals surface area contributed by atoms with Gasteiger partial charge in [-0.1, -0.05) is 29.3 Å². The van der Waals surface area contributed by atoms with E-state index in [0.29, 0.717) is 35.4 Å². The molecule has 0 radical (unpaired) electrons. The fraction of sp³-hybridized carbons (Fsp3) is 0.312. The Labute approximate surface area is 139 Å². The summed E-state index contributed by atoms with van der Waals surface area (Å²) in [5.41, 5.74) is 0.650. The van der Waals surface area contributed by atoms with Crippen LogP contribution < -0.4 is 5.32 Å². The molecule has 0 aliphatic rings. The molecular weight excluding hydrogens is 325 g/mol. The van der Waals surface area contributed by atoms with Crippen LogP contribution in [0, 0.1) is 0 Å². The Morgan fingerprint density at radius 1 is 1.18 bits per heavy atom. The van der Waals surface area contributed by atoms with E-state index in [1.807, 2.05) is 12.1 Å². The van der Waals surface area contributed by atoms with E-state index in [1.54, 1.807) is 24.5 Å². The van der Waals surface area contributed by atoms with Crippen LogP contribution in [0.4, 0.5) is 0 Å². The van der Waals surface area contributed by atoms with Gasteiger partial charge in [-0.2, -0.15) is 0 Å². The van der Waals surface area contributed by atoms with Gasteiger partial charge in [0.15, 0.2) is 0 Å². The molecule has 0 unspecified atom stereocenters. The summed E-state index contributed by atoms with van der Waals surface area (Å²) in [5, 5.41) is 3.83. The van der Waals surface area contributed by atoms with Crippen LogP contribution in [0.1, 0.15) is 17.7 Å². The van der Waals surface area contributed by atoms with Crippen LogP contribution in [0.5, 0.6) is 0 Å². The molecule has 2 aromatic rings. The molecule has 0 aliphatic carbocycles. The van der Waals surface area contributed by atoms with E-state index in [4.69, 9.17) is 32.4 Å². The van der Waals surface area contributed by atoms with Gasteiger partial charge in [0.25, 0.3) is 0 Å². The Morgan fingerprint density at radius 3 is 2.64 bits per heavy atom. The first-order valence-electron chi connectivity index (χ1n) is 6.96. The van der Waals surface area contributed by atoms with E-state index in [9.17, 15) is 4.79 Å². The molecule has 0 aliphatic heterocycles. The summed E-state index contributed by atoms with van der Waals surface area (Å²) in [7, 11) is 0. The molecule has 0 atom stereocenters. The minimum Gasteiger partial charge on any atom is -0.467 e. The maximum Gasteiger partial charge on any atom is 0.224 e. The van der Waals surface area contributed by atoms with E-state index in [2.05, 4.69) is 5.32 Å². The molecule has 0 fully saturated rings. The molecule has 22 heavy (non-hydrogen) atoms. The zero-order chi connectivity index (χ0) is 15.8. The van der Waals surface area contributed by atoms with Crippen molar-refractivity contribution >= 4 is 29.1 Å². The summed E-state index contributed by atoms with van der Waals surface area (Å²) < 4.78 is 10.6. The van der Waals surface area contributed by atoms with Crippen molar-refractivity contribution in [1.29, 1.82) is 0 Å². The minimum absolute atomic E-state index is 0.110. The first kappa shape index (κ1) is 16.9. The Hall–Kier alpha value is -1.49. The number of ether oxygens (including phenoxy) is 1. The number of hydrogen-bond donors (Lipinski definition) is 1. The van der Waals surface area contributed by atoms with Crippen LogP contribution in [-0.4, -0.2) is 19.1 Å². The predicted octanol–water partition coefficient (Wildman–Crippen LogP) is 3.85. The van der Waals surface area contributed by atoms with Gasteiger partial charge < -0.3 is 14.5 Å². The van der Waals surface area contributed by atoms with Crippen LogP contribution in [0.25, 0.3) is 0 Å². The second-order valence-electron chi connectivity index (χ2n) is 4.71. The highest BCUT2D eigenvalue weighted by Gasteiger charge is 2.10. The highest BCUT2D eigenvalue weighted by atomic mass is 35.5. The molecule has 0 spiro atoms. The zero-order valence-electron chi connectivity index (χ0n) is 12.0. The predicted molar refractivity (Wildman–Crippen MR) is 86.2 cm³/mol. The van der Waals surface area contributed by atoms with E-state index in [1.165, 1.54) is 0 Å². The van der Waals surface area contributed by atoms with Crippen molar-refractivity contribution in [2.45, 2.75) is 19.4 Å². The molecule has 6 heteroatoms. The third-order valence-corrected chi connectivity index (χ3v) is 3.72. The van der Waals surface area contributed by atoms with Crippen molar-refractivity contribution < 1.29 is 13.9 Å². The van der Waals surface area contributed by atoms with Crippen molar-refractivity contribution in [1.82, 2.24) is 5.32 Å². The summed E-state index contributed by atoms with van der Waals surface area (Å²) in [4.78, 5) is 11.9. The molecular formula is C16H17Cl2NO3. The lowest BCUT2D eigenvalue weighted by atomic mass is 10.1. The molecule has 1 aromatic carbocycles. The standard InChI is InChI=1S/C16H17Cl2NO3/c17-14-5-1-6-15(18)13(14)10-16(20)19-7-3-8-21-11-12-4-2-9-22-12/h1-2,4-6,9H,3,7-8,10-11H2,(H,19,20). The van der Waals surface area contributed by atoms with Crippen molar-refractivity contribution in [2.75, 3.05) is 13.2 Å². The van der Waals surface area contributed by atoms with Gasteiger partial charge >= 0.3 is 0 Å². The van der Waals surface area contributed by atoms with E-state index >= 15 is 0 Å². The number of carbonyl (C=O) groups is 1. The van der Waals surface area contributed by atoms with E-state index < -0.39 is 0 Å². The fourth-order valence-electron chi connectivity index (χ4n) is 1.89. The highest BCUT2D eigenvalue weighted by molar-refractivity contribution is 6.36. The van der Waals surface area contributed by atoms with Gasteiger partial charge in [-0.3, -0.25) is 4.79 Å². The summed E-state index contributed by atoms with van der Waals surface area (Å²) in [6.45, 7) is 1.53. The zero-order valence-corrected chi connectivity index (χ0v) is 13.5. The lowest BCUT2D eigenvalue weighted by Crippen LogP contribution is -2.27. The first-order chi connectivity index (χ1) is 10.7. The Kier molecular flexibility index (Phi) is 6.77. The monoisotopic (exact) mass is 341 g/mol. The number of nitrogens with one attached hydrogen (secondary N) is 1. The van der Waals surface area contributed by atoms with Crippen LogP contribution in [0.15, 0.2) is 41.0 Å². The molecule has 1 heterocycles. The third-order valence-electron chi connectivity index (χ3n) is 3.01. The number of hydrogen-bond acceptors (Lipinski definition) is 3. The van der Waals surface area contributed by atoms with Crippen molar-refractivity contribution in [2.24, 2.45) is 0 Å². The second-order valence-corrected chi connectivity index (χ2v) is 5.53. The molecule has 0 bridgehead atoms. The summed E-state index contributed by atoms with van der Waals surface area (Å²) in [5.74, 6) is 0.679. The number of amides is 1. The van der Waals surface area contributed by atoms with Gasteiger partial charge in [0.2, 0.25) is 5.91 Å². The normalized spacial score (nSPS) is 10.6. The summed E-state index contributed by atoms with van der Waals surface area (Å²) in [6, 6.07) is 8.87. The highest BCUT2D eigenvalue weighted by Crippen LogP contribution is 2.24. The van der Waals surface area contributed by atoms with Gasteiger partial charge in [-0.05, 0) is 36.2 Å².